The van der Waals surface area contributed by atoms with Crippen molar-refractivity contribution in [3.8, 4) is 5.75 Å². The van der Waals surface area contributed by atoms with Crippen molar-refractivity contribution in [2.24, 2.45) is 0 Å². The van der Waals surface area contributed by atoms with E-state index in [1.807, 2.05) is 19.1 Å². The quantitative estimate of drug-likeness (QED) is 0.633. The predicted molar refractivity (Wildman–Crippen MR) is 88.0 cm³/mol. The summed E-state index contributed by atoms with van der Waals surface area (Å²) in [6, 6.07) is 12.1. The molecule has 112 valence electrons. The third-order valence-electron chi connectivity index (χ3n) is 3.33. The molecule has 0 aliphatic carbocycles. The third-order valence-corrected chi connectivity index (χ3v) is 4.05. The highest BCUT2D eigenvalue weighted by Crippen LogP contribution is 2.28. The lowest BCUT2D eigenvalue weighted by molar-refractivity contribution is 0.307. The lowest BCUT2D eigenvalue weighted by Crippen LogP contribution is -2.04. The van der Waals surface area contributed by atoms with Crippen LogP contribution in [0.15, 0.2) is 51.7 Å². The second kappa shape index (κ2) is 6.03. The molecule has 0 N–H and O–H groups in total. The maximum atomic E-state index is 11.7. The van der Waals surface area contributed by atoms with Crippen molar-refractivity contribution in [2.45, 2.75) is 13.5 Å². The largest absolute Gasteiger partial charge is 0.487 e. The summed E-state index contributed by atoms with van der Waals surface area (Å²) in [5.74, 6) is 0.559. The predicted octanol–water partition coefficient (Wildman–Crippen LogP) is 4.99. The number of fused-ring (bicyclic) bond motifs is 1. The molecule has 0 aliphatic heterocycles. The van der Waals surface area contributed by atoms with Crippen LogP contribution in [0, 0.1) is 6.92 Å². The van der Waals surface area contributed by atoms with E-state index in [2.05, 4.69) is 0 Å². The zero-order valence-electron chi connectivity index (χ0n) is 11.7. The Labute approximate surface area is 137 Å². The summed E-state index contributed by atoms with van der Waals surface area (Å²) < 4.78 is 10.9. The van der Waals surface area contributed by atoms with E-state index in [0.717, 1.165) is 10.9 Å². The van der Waals surface area contributed by atoms with Crippen LogP contribution >= 0.6 is 23.2 Å². The lowest BCUT2D eigenvalue weighted by atomic mass is 10.1. The molecule has 0 spiro atoms. The van der Waals surface area contributed by atoms with Gasteiger partial charge in [0.25, 0.3) is 0 Å². The molecular formula is C17H12Cl2O3. The zero-order chi connectivity index (χ0) is 15.7. The van der Waals surface area contributed by atoms with Crippen LogP contribution in [0.1, 0.15) is 11.1 Å². The summed E-state index contributed by atoms with van der Waals surface area (Å²) in [6.45, 7) is 2.06. The normalized spacial score (nSPS) is 10.9. The van der Waals surface area contributed by atoms with Gasteiger partial charge in [-0.1, -0.05) is 35.3 Å². The summed E-state index contributed by atoms with van der Waals surface area (Å²) in [5, 5.41) is 1.88. The Morgan fingerprint density at radius 2 is 1.86 bits per heavy atom. The van der Waals surface area contributed by atoms with Crippen molar-refractivity contribution in [3.63, 3.8) is 0 Å². The summed E-state index contributed by atoms with van der Waals surface area (Å²) >= 11 is 12.2. The van der Waals surface area contributed by atoms with Crippen LogP contribution in [-0.2, 0) is 6.61 Å². The molecule has 1 heterocycles. The number of ether oxygens (including phenoxy) is 1. The van der Waals surface area contributed by atoms with Crippen LogP contribution in [0.25, 0.3) is 11.0 Å². The van der Waals surface area contributed by atoms with Gasteiger partial charge in [0.05, 0.1) is 5.02 Å². The van der Waals surface area contributed by atoms with E-state index in [1.165, 1.54) is 6.07 Å². The van der Waals surface area contributed by atoms with Gasteiger partial charge in [0.1, 0.15) is 17.9 Å². The average Bonchev–Trinajstić information content (AvgIpc) is 2.48. The smallest absolute Gasteiger partial charge is 0.336 e. The molecule has 3 aromatic rings. The van der Waals surface area contributed by atoms with Gasteiger partial charge in [-0.3, -0.25) is 0 Å². The minimum absolute atomic E-state index is 0.200. The summed E-state index contributed by atoms with van der Waals surface area (Å²) in [7, 11) is 0. The molecule has 0 fully saturated rings. The van der Waals surface area contributed by atoms with E-state index in [9.17, 15) is 4.79 Å². The first kappa shape index (κ1) is 14.9. The fourth-order valence-corrected chi connectivity index (χ4v) is 2.54. The van der Waals surface area contributed by atoms with Crippen LogP contribution in [0.2, 0.25) is 10.0 Å². The second-order valence-electron chi connectivity index (χ2n) is 4.91. The highest BCUT2D eigenvalue weighted by molar-refractivity contribution is 6.32. The molecular weight excluding hydrogens is 323 g/mol. The molecule has 3 nitrogen and oxygen atoms in total. The van der Waals surface area contributed by atoms with Crippen molar-refractivity contribution in [3.05, 3.63) is 74.1 Å². The molecule has 0 saturated heterocycles. The monoisotopic (exact) mass is 334 g/mol. The Kier molecular flexibility index (Phi) is 4.10. The van der Waals surface area contributed by atoms with E-state index in [-0.39, 0.29) is 6.61 Å². The van der Waals surface area contributed by atoms with Crippen LogP contribution in [0.5, 0.6) is 5.75 Å². The maximum Gasteiger partial charge on any atom is 0.336 e. The van der Waals surface area contributed by atoms with Crippen molar-refractivity contribution >= 4 is 34.2 Å². The zero-order valence-corrected chi connectivity index (χ0v) is 13.2. The van der Waals surface area contributed by atoms with Gasteiger partial charge in [-0.25, -0.2) is 4.79 Å². The third kappa shape index (κ3) is 2.96. The fraction of sp³-hybridized carbons (Fsp3) is 0.118. The molecule has 0 amide bonds. The van der Waals surface area contributed by atoms with Gasteiger partial charge >= 0.3 is 5.63 Å². The van der Waals surface area contributed by atoms with Crippen molar-refractivity contribution < 1.29 is 9.15 Å². The summed E-state index contributed by atoms with van der Waals surface area (Å²) in [5.41, 5.74) is 1.62. The highest BCUT2D eigenvalue weighted by Gasteiger charge is 2.10. The summed E-state index contributed by atoms with van der Waals surface area (Å²) in [6.07, 6.45) is 0. The molecule has 0 aliphatic rings. The first-order chi connectivity index (χ1) is 10.5. The van der Waals surface area contributed by atoms with Gasteiger partial charge in [0.2, 0.25) is 0 Å². The van der Waals surface area contributed by atoms with Gasteiger partial charge in [-0.05, 0) is 36.8 Å². The molecule has 0 atom stereocenters. The number of hydrogen-bond donors (Lipinski definition) is 0. The van der Waals surface area contributed by atoms with Crippen LogP contribution in [0.3, 0.4) is 0 Å². The van der Waals surface area contributed by atoms with Gasteiger partial charge < -0.3 is 9.15 Å². The number of benzene rings is 2. The van der Waals surface area contributed by atoms with Gasteiger partial charge in [0.15, 0.2) is 0 Å². The molecule has 0 unspecified atom stereocenters. The van der Waals surface area contributed by atoms with Gasteiger partial charge in [-0.2, -0.15) is 0 Å². The molecule has 5 heteroatoms. The average molecular weight is 335 g/mol. The molecule has 0 radical (unpaired) electrons. The molecule has 1 aromatic heterocycles. The summed E-state index contributed by atoms with van der Waals surface area (Å²) in [4.78, 5) is 11.7. The van der Waals surface area contributed by atoms with E-state index in [0.29, 0.717) is 26.9 Å². The minimum Gasteiger partial charge on any atom is -0.487 e. The number of hydrogen-bond acceptors (Lipinski definition) is 3. The Morgan fingerprint density at radius 1 is 1.09 bits per heavy atom. The Morgan fingerprint density at radius 3 is 2.64 bits per heavy atom. The van der Waals surface area contributed by atoms with Crippen molar-refractivity contribution in [1.29, 1.82) is 0 Å². The lowest BCUT2D eigenvalue weighted by Gasteiger charge is -2.10. The first-order valence-electron chi connectivity index (χ1n) is 6.65. The number of rotatable bonds is 3. The topological polar surface area (TPSA) is 39.4 Å². The van der Waals surface area contributed by atoms with Crippen LogP contribution in [0.4, 0.5) is 0 Å². The van der Waals surface area contributed by atoms with E-state index < -0.39 is 5.63 Å². The number of para-hydroxylation sites is 1. The van der Waals surface area contributed by atoms with E-state index >= 15 is 0 Å². The highest BCUT2D eigenvalue weighted by atomic mass is 35.5. The number of halogens is 2. The molecule has 22 heavy (non-hydrogen) atoms. The van der Waals surface area contributed by atoms with Gasteiger partial charge in [-0.15, -0.1) is 0 Å². The van der Waals surface area contributed by atoms with Gasteiger partial charge in [0, 0.05) is 22.0 Å². The second-order valence-corrected chi connectivity index (χ2v) is 5.72. The molecule has 0 bridgehead atoms. The molecule has 2 aromatic carbocycles. The van der Waals surface area contributed by atoms with E-state index in [4.69, 9.17) is 32.4 Å². The minimum atomic E-state index is -0.424. The van der Waals surface area contributed by atoms with Crippen molar-refractivity contribution in [2.75, 3.05) is 0 Å². The first-order valence-corrected chi connectivity index (χ1v) is 7.40. The fourth-order valence-electron chi connectivity index (χ4n) is 2.18. The van der Waals surface area contributed by atoms with Crippen molar-refractivity contribution in [1.82, 2.24) is 0 Å². The maximum absolute atomic E-state index is 11.7. The Bertz CT molecular complexity index is 900. The Hall–Kier alpha value is -1.97. The van der Waals surface area contributed by atoms with Crippen LogP contribution < -0.4 is 10.4 Å². The van der Waals surface area contributed by atoms with Crippen LogP contribution in [-0.4, -0.2) is 0 Å². The standard InChI is InChI=1S/C17H12Cl2O3/c1-10-6-16-12(8-14(10)19)11(7-17(20)22-16)9-21-15-5-3-2-4-13(15)18/h2-8H,9H2,1H3. The SMILES string of the molecule is Cc1cc2oc(=O)cc(COc3ccccc3Cl)c2cc1Cl. The Balaban J connectivity index is 2.01. The molecule has 3 rings (SSSR count). The molecule has 0 saturated carbocycles. The number of aryl methyl sites for hydroxylation is 1. The van der Waals surface area contributed by atoms with E-state index in [1.54, 1.807) is 24.3 Å².